The van der Waals surface area contributed by atoms with Crippen molar-refractivity contribution in [3.63, 3.8) is 0 Å². The molecular formula is C30H35N5O6. The van der Waals surface area contributed by atoms with Gasteiger partial charge in [-0.25, -0.2) is 9.59 Å². The molecule has 3 aromatic rings. The van der Waals surface area contributed by atoms with Crippen molar-refractivity contribution in [2.75, 3.05) is 52.3 Å². The number of hydrogen-bond donors (Lipinski definition) is 2. The molecule has 0 atom stereocenters. The van der Waals surface area contributed by atoms with Crippen LogP contribution in [-0.2, 0) is 17.7 Å². The monoisotopic (exact) mass is 561 g/mol. The molecule has 216 valence electrons. The topological polar surface area (TPSA) is 136 Å². The summed E-state index contributed by atoms with van der Waals surface area (Å²) in [5.74, 6) is -0.359. The minimum absolute atomic E-state index is 0.112. The molecule has 0 saturated carbocycles. The van der Waals surface area contributed by atoms with E-state index in [1.165, 1.54) is 7.11 Å². The van der Waals surface area contributed by atoms with E-state index < -0.39 is 11.9 Å². The van der Waals surface area contributed by atoms with Gasteiger partial charge in [-0.2, -0.15) is 0 Å². The number of urea groups is 1. The van der Waals surface area contributed by atoms with Gasteiger partial charge in [0.05, 0.1) is 37.6 Å². The van der Waals surface area contributed by atoms with Crippen LogP contribution < -0.4 is 15.8 Å². The lowest BCUT2D eigenvalue weighted by atomic mass is 10.1. The first-order chi connectivity index (χ1) is 19.7. The van der Waals surface area contributed by atoms with Crippen LogP contribution >= 0.6 is 0 Å². The van der Waals surface area contributed by atoms with Crippen LogP contribution in [0.15, 0.2) is 54.6 Å². The number of nitrogens with two attached hydrogens (primary N) is 1. The molecule has 1 aliphatic heterocycles. The summed E-state index contributed by atoms with van der Waals surface area (Å²) in [6.07, 6.45) is 0.664. The second kappa shape index (κ2) is 13.1. The number of esters is 1. The van der Waals surface area contributed by atoms with Gasteiger partial charge in [0.1, 0.15) is 5.75 Å². The minimum Gasteiger partial charge on any atom is -0.497 e. The third-order valence-electron chi connectivity index (χ3n) is 7.28. The third-order valence-corrected chi connectivity index (χ3v) is 7.28. The number of Topliss-reactive ketones (excluding diaryl/α,β-unsaturated/α-hetero) is 1. The van der Waals surface area contributed by atoms with Crippen LogP contribution in [0.2, 0.25) is 0 Å². The average Bonchev–Trinajstić information content (AvgIpc) is 3.32. The molecule has 1 aliphatic rings. The first kappa shape index (κ1) is 29.3. The molecule has 0 radical (unpaired) electrons. The average molecular weight is 562 g/mol. The normalized spacial score (nSPS) is 13.5. The Kier molecular flexibility index (Phi) is 9.41. The predicted molar refractivity (Wildman–Crippen MR) is 154 cm³/mol. The number of nitrogens with one attached hydrogen (secondary N) is 1. The van der Waals surface area contributed by atoms with Crippen LogP contribution in [0.1, 0.15) is 42.5 Å². The number of aromatic nitrogens is 1. The fraction of sp³-hybridized carbons (Fsp3) is 0.333. The summed E-state index contributed by atoms with van der Waals surface area (Å²) >= 11 is 0. The molecular weight excluding hydrogens is 526 g/mol. The Morgan fingerprint density at radius 1 is 0.927 bits per heavy atom. The lowest BCUT2D eigenvalue weighted by Gasteiger charge is -2.34. The van der Waals surface area contributed by atoms with Crippen LogP contribution in [-0.4, -0.2) is 85.0 Å². The number of carbonyl (C=O) groups excluding carboxylic acids is 4. The van der Waals surface area contributed by atoms with Crippen LogP contribution in [0.25, 0.3) is 0 Å². The van der Waals surface area contributed by atoms with E-state index in [0.29, 0.717) is 67.3 Å². The van der Waals surface area contributed by atoms with E-state index in [1.54, 1.807) is 49.3 Å². The van der Waals surface area contributed by atoms with Crippen LogP contribution in [0.3, 0.4) is 0 Å². The van der Waals surface area contributed by atoms with E-state index >= 15 is 0 Å². The molecule has 11 heteroatoms. The smallest absolute Gasteiger partial charge is 0.337 e. The van der Waals surface area contributed by atoms with Gasteiger partial charge in [0.15, 0.2) is 5.78 Å². The molecule has 1 saturated heterocycles. The highest BCUT2D eigenvalue weighted by Gasteiger charge is 2.26. The molecule has 0 spiro atoms. The van der Waals surface area contributed by atoms with Crippen LogP contribution in [0.4, 0.5) is 10.5 Å². The maximum absolute atomic E-state index is 13.4. The van der Waals surface area contributed by atoms with Gasteiger partial charge in [0.25, 0.3) is 5.91 Å². The molecule has 1 fully saturated rings. The fourth-order valence-corrected chi connectivity index (χ4v) is 4.85. The highest BCUT2D eigenvalue weighted by molar-refractivity contribution is 6.01. The van der Waals surface area contributed by atoms with Gasteiger partial charge in [-0.1, -0.05) is 12.1 Å². The van der Waals surface area contributed by atoms with Crippen molar-refractivity contribution in [2.24, 2.45) is 5.73 Å². The minimum atomic E-state index is -0.570. The van der Waals surface area contributed by atoms with E-state index in [-0.39, 0.29) is 18.4 Å². The largest absolute Gasteiger partial charge is 0.497 e. The van der Waals surface area contributed by atoms with Gasteiger partial charge >= 0.3 is 12.0 Å². The molecule has 2 heterocycles. The molecule has 4 rings (SSSR count). The zero-order valence-electron chi connectivity index (χ0n) is 23.5. The Hall–Kier alpha value is -4.64. The number of methoxy groups -OCH3 is 2. The van der Waals surface area contributed by atoms with Gasteiger partial charge in [-0.15, -0.1) is 0 Å². The van der Waals surface area contributed by atoms with Crippen molar-refractivity contribution < 1.29 is 28.7 Å². The highest BCUT2D eigenvalue weighted by Crippen LogP contribution is 2.19. The quantitative estimate of drug-likeness (QED) is 0.287. The number of primary amides is 1. The summed E-state index contributed by atoms with van der Waals surface area (Å²) in [4.78, 5) is 53.5. The molecule has 11 nitrogen and oxygen atoms in total. The van der Waals surface area contributed by atoms with Crippen molar-refractivity contribution in [3.8, 4) is 5.75 Å². The molecule has 3 N–H and O–H groups in total. The van der Waals surface area contributed by atoms with E-state index in [4.69, 9.17) is 15.2 Å². The standard InChI is InChI=1S/C30H35N5O6/c1-20-25(28(31)37)18-26(35(20)13-12-21-4-10-24(40-2)11-5-21)27(36)19-33-14-16-34(17-15-33)30(39)32-23-8-6-22(7-9-23)29(38)41-3/h4-11,18H,12-17,19H2,1-3H3,(H2,31,37)(H,32,39). The maximum atomic E-state index is 13.4. The molecule has 3 amide bonds. The van der Waals surface area contributed by atoms with Crippen LogP contribution in [0, 0.1) is 6.92 Å². The summed E-state index contributed by atoms with van der Waals surface area (Å²) in [7, 11) is 2.93. The predicted octanol–water partition coefficient (Wildman–Crippen LogP) is 2.97. The summed E-state index contributed by atoms with van der Waals surface area (Å²) in [6.45, 7) is 4.41. The third kappa shape index (κ3) is 7.12. The Labute approximate surface area is 238 Å². The second-order valence-corrected chi connectivity index (χ2v) is 9.83. The summed E-state index contributed by atoms with van der Waals surface area (Å²) in [6, 6.07) is 15.5. The number of ketones is 1. The number of aryl methyl sites for hydroxylation is 1. The van der Waals surface area contributed by atoms with E-state index in [9.17, 15) is 19.2 Å². The molecule has 0 bridgehead atoms. The van der Waals surface area contributed by atoms with Crippen molar-refractivity contribution >= 4 is 29.4 Å². The maximum Gasteiger partial charge on any atom is 0.337 e. The summed E-state index contributed by atoms with van der Waals surface area (Å²) < 4.78 is 11.8. The van der Waals surface area contributed by atoms with Crippen LogP contribution in [0.5, 0.6) is 5.75 Å². The summed E-state index contributed by atoms with van der Waals surface area (Å²) in [5, 5.41) is 2.83. The first-order valence-electron chi connectivity index (χ1n) is 13.3. The van der Waals surface area contributed by atoms with Gasteiger partial charge in [0.2, 0.25) is 0 Å². The Balaban J connectivity index is 1.35. The van der Waals surface area contributed by atoms with Gasteiger partial charge < -0.3 is 30.0 Å². The first-order valence-corrected chi connectivity index (χ1v) is 13.3. The molecule has 0 unspecified atom stereocenters. The fourth-order valence-electron chi connectivity index (χ4n) is 4.85. The molecule has 41 heavy (non-hydrogen) atoms. The van der Waals surface area contributed by atoms with Crippen molar-refractivity contribution in [3.05, 3.63) is 82.7 Å². The Morgan fingerprint density at radius 3 is 2.17 bits per heavy atom. The highest BCUT2D eigenvalue weighted by atomic mass is 16.5. The number of amides is 3. The van der Waals surface area contributed by atoms with Gasteiger partial charge in [-0.05, 0) is 61.4 Å². The molecule has 1 aromatic heterocycles. The number of hydrogen-bond acceptors (Lipinski definition) is 7. The number of nitrogens with zero attached hydrogens (tertiary/aromatic N) is 3. The van der Waals surface area contributed by atoms with Crippen molar-refractivity contribution in [2.45, 2.75) is 19.9 Å². The van der Waals surface area contributed by atoms with E-state index in [1.807, 2.05) is 33.7 Å². The zero-order valence-corrected chi connectivity index (χ0v) is 23.5. The number of anilines is 1. The number of rotatable bonds is 10. The van der Waals surface area contributed by atoms with E-state index in [2.05, 4.69) is 5.32 Å². The second-order valence-electron chi connectivity index (χ2n) is 9.83. The summed E-state index contributed by atoms with van der Waals surface area (Å²) in [5.41, 5.74) is 9.08. The van der Waals surface area contributed by atoms with E-state index in [0.717, 1.165) is 11.3 Å². The Bertz CT molecular complexity index is 1410. The molecule has 0 aliphatic carbocycles. The number of ether oxygens (including phenoxy) is 2. The zero-order chi connectivity index (χ0) is 29.5. The van der Waals surface area contributed by atoms with Gasteiger partial charge in [-0.3, -0.25) is 14.5 Å². The van der Waals surface area contributed by atoms with Gasteiger partial charge in [0, 0.05) is 44.1 Å². The molecule has 2 aromatic carbocycles. The van der Waals surface area contributed by atoms with Crippen molar-refractivity contribution in [1.29, 1.82) is 0 Å². The number of piperazine rings is 1. The SMILES string of the molecule is COC(=O)c1ccc(NC(=O)N2CCN(CC(=O)c3cc(C(N)=O)c(C)n3CCc3ccc(OC)cc3)CC2)cc1. The Morgan fingerprint density at radius 2 is 1.59 bits per heavy atom. The number of benzene rings is 2. The number of carbonyl (C=O) groups is 4. The van der Waals surface area contributed by atoms with Crippen molar-refractivity contribution in [1.82, 2.24) is 14.4 Å². The lowest BCUT2D eigenvalue weighted by Crippen LogP contribution is -2.51. The lowest BCUT2D eigenvalue weighted by molar-refractivity contribution is 0.0600.